The van der Waals surface area contributed by atoms with Gasteiger partial charge in [-0.1, -0.05) is 18.2 Å². The van der Waals surface area contributed by atoms with E-state index in [1.165, 1.54) is 19.1 Å². The molecule has 1 aromatic heterocycles. The molecule has 2 aromatic carbocycles. The second-order valence-electron chi connectivity index (χ2n) is 4.83. The summed E-state index contributed by atoms with van der Waals surface area (Å²) < 4.78 is 55.5. The van der Waals surface area contributed by atoms with Gasteiger partial charge in [0.2, 0.25) is 0 Å². The average molecular weight is 307 g/mol. The van der Waals surface area contributed by atoms with Gasteiger partial charge in [0.1, 0.15) is 0 Å². The first-order valence-electron chi connectivity index (χ1n) is 6.36. The molecular weight excluding hydrogens is 298 g/mol. The second kappa shape index (κ2) is 4.98. The van der Waals surface area contributed by atoms with Crippen molar-refractivity contribution in [2.24, 2.45) is 0 Å². The van der Waals surface area contributed by atoms with Crippen LogP contribution in [0, 0.1) is 30.2 Å². The molecule has 0 atom stereocenters. The Balaban J connectivity index is 2.35. The Morgan fingerprint density at radius 1 is 0.909 bits per heavy atom. The van der Waals surface area contributed by atoms with Gasteiger partial charge in [0.15, 0.2) is 23.3 Å². The van der Waals surface area contributed by atoms with Crippen molar-refractivity contribution in [2.45, 2.75) is 6.92 Å². The van der Waals surface area contributed by atoms with Crippen molar-refractivity contribution in [1.29, 1.82) is 0 Å². The van der Waals surface area contributed by atoms with E-state index >= 15 is 0 Å². The summed E-state index contributed by atoms with van der Waals surface area (Å²) in [6, 6.07) is 7.85. The van der Waals surface area contributed by atoms with Gasteiger partial charge < -0.3 is 0 Å². The van der Waals surface area contributed by atoms with Crippen molar-refractivity contribution >= 4 is 16.8 Å². The van der Waals surface area contributed by atoms with E-state index in [4.69, 9.17) is 0 Å². The van der Waals surface area contributed by atoms with Gasteiger partial charge in [0.25, 0.3) is 5.91 Å². The molecule has 0 aliphatic rings. The zero-order valence-electron chi connectivity index (χ0n) is 11.3. The van der Waals surface area contributed by atoms with Gasteiger partial charge in [-0.2, -0.15) is 0 Å². The van der Waals surface area contributed by atoms with Crippen molar-refractivity contribution in [3.05, 3.63) is 70.9 Å². The van der Waals surface area contributed by atoms with Crippen molar-refractivity contribution < 1.29 is 22.4 Å². The van der Waals surface area contributed by atoms with Crippen molar-refractivity contribution in [2.75, 3.05) is 0 Å². The summed E-state index contributed by atoms with van der Waals surface area (Å²) in [6.07, 6.45) is 1.16. The third-order valence-corrected chi connectivity index (χ3v) is 3.44. The minimum absolute atomic E-state index is 0.134. The quantitative estimate of drug-likeness (QED) is 0.375. The SMILES string of the molecule is Cc1cn(C(=O)c2ccccc2)c2c(F)c(F)c(F)c(F)c12. The number of carbonyl (C=O) groups excluding carboxylic acids is 1. The smallest absolute Gasteiger partial charge is 0.262 e. The maximum absolute atomic E-state index is 14.0. The molecule has 6 heteroatoms. The van der Waals surface area contributed by atoms with Gasteiger partial charge in [-0.3, -0.25) is 9.36 Å². The molecule has 0 aliphatic heterocycles. The lowest BCUT2D eigenvalue weighted by Gasteiger charge is -2.06. The number of nitrogens with zero attached hydrogens (tertiary/aromatic N) is 1. The Morgan fingerprint density at radius 3 is 2.14 bits per heavy atom. The van der Waals surface area contributed by atoms with Crippen LogP contribution in [0.4, 0.5) is 17.6 Å². The van der Waals surface area contributed by atoms with E-state index in [0.29, 0.717) is 0 Å². The maximum Gasteiger partial charge on any atom is 0.262 e. The van der Waals surface area contributed by atoms with Crippen LogP contribution in [0.2, 0.25) is 0 Å². The Morgan fingerprint density at radius 2 is 1.50 bits per heavy atom. The molecule has 2 nitrogen and oxygen atoms in total. The van der Waals surface area contributed by atoms with Gasteiger partial charge >= 0.3 is 0 Å². The molecule has 22 heavy (non-hydrogen) atoms. The summed E-state index contributed by atoms with van der Waals surface area (Å²) in [5.41, 5.74) is -0.263. The van der Waals surface area contributed by atoms with Crippen LogP contribution in [-0.2, 0) is 0 Å². The van der Waals surface area contributed by atoms with Crippen molar-refractivity contribution in [3.8, 4) is 0 Å². The van der Waals surface area contributed by atoms with Crippen molar-refractivity contribution in [1.82, 2.24) is 4.57 Å². The Bertz CT molecular complexity index is 900. The van der Waals surface area contributed by atoms with Crippen LogP contribution in [0.25, 0.3) is 10.9 Å². The number of carbonyl (C=O) groups is 1. The number of aryl methyl sites for hydroxylation is 1. The van der Waals surface area contributed by atoms with Gasteiger partial charge in [0.05, 0.1) is 5.52 Å². The van der Waals surface area contributed by atoms with Gasteiger partial charge in [0, 0.05) is 17.1 Å². The van der Waals surface area contributed by atoms with Gasteiger partial charge in [-0.15, -0.1) is 0 Å². The highest BCUT2D eigenvalue weighted by molar-refractivity contribution is 6.03. The highest BCUT2D eigenvalue weighted by atomic mass is 19.2. The second-order valence-corrected chi connectivity index (χ2v) is 4.83. The van der Waals surface area contributed by atoms with Crippen LogP contribution in [0.15, 0.2) is 36.5 Å². The fourth-order valence-electron chi connectivity index (χ4n) is 2.41. The van der Waals surface area contributed by atoms with E-state index in [1.54, 1.807) is 18.2 Å². The number of rotatable bonds is 1. The molecule has 1 heterocycles. The number of hydrogen-bond donors (Lipinski definition) is 0. The van der Waals surface area contributed by atoms with Crippen LogP contribution in [0.5, 0.6) is 0 Å². The number of hydrogen-bond acceptors (Lipinski definition) is 1. The van der Waals surface area contributed by atoms with Crippen LogP contribution in [0.3, 0.4) is 0 Å². The zero-order chi connectivity index (χ0) is 16.0. The van der Waals surface area contributed by atoms with Gasteiger partial charge in [-0.25, -0.2) is 17.6 Å². The molecule has 112 valence electrons. The fraction of sp³-hybridized carbons (Fsp3) is 0.0625. The number of halogens is 4. The Hall–Kier alpha value is -2.63. The summed E-state index contributed by atoms with van der Waals surface area (Å²) in [5, 5.41) is -0.444. The number of fused-ring (bicyclic) bond motifs is 1. The maximum atomic E-state index is 14.0. The van der Waals surface area contributed by atoms with Crippen LogP contribution in [0.1, 0.15) is 15.9 Å². The number of aromatic nitrogens is 1. The van der Waals surface area contributed by atoms with E-state index in [-0.39, 0.29) is 11.1 Å². The first-order valence-corrected chi connectivity index (χ1v) is 6.36. The largest absolute Gasteiger partial charge is 0.280 e. The normalized spacial score (nSPS) is 11.1. The Kier molecular flexibility index (Phi) is 3.24. The fourth-order valence-corrected chi connectivity index (χ4v) is 2.41. The summed E-state index contributed by atoms with van der Waals surface area (Å²) in [4.78, 5) is 12.4. The molecule has 0 unspecified atom stereocenters. The van der Waals surface area contributed by atoms with Crippen LogP contribution < -0.4 is 0 Å². The molecule has 0 aliphatic carbocycles. The van der Waals surface area contributed by atoms with E-state index in [1.807, 2.05) is 0 Å². The summed E-state index contributed by atoms with van der Waals surface area (Å²) in [6.45, 7) is 1.39. The average Bonchev–Trinajstić information content (AvgIpc) is 2.88. The lowest BCUT2D eigenvalue weighted by Crippen LogP contribution is -2.12. The molecular formula is C16H9F4NO. The minimum Gasteiger partial charge on any atom is -0.280 e. The first-order chi connectivity index (χ1) is 10.4. The molecule has 0 spiro atoms. The molecule has 0 bridgehead atoms. The Labute approximate surface area is 122 Å². The van der Waals surface area contributed by atoms with Crippen molar-refractivity contribution in [3.63, 3.8) is 0 Å². The molecule has 3 aromatic rings. The summed E-state index contributed by atoms with van der Waals surface area (Å²) >= 11 is 0. The lowest BCUT2D eigenvalue weighted by atomic mass is 10.1. The summed E-state index contributed by atoms with van der Waals surface area (Å²) in [5.74, 6) is -7.59. The standard InChI is InChI=1S/C16H9F4NO/c1-8-7-21(16(22)9-5-3-2-4-6-9)15-10(8)11(17)12(18)13(19)14(15)20/h2-7H,1H3. The monoisotopic (exact) mass is 307 g/mol. The molecule has 0 saturated carbocycles. The third-order valence-electron chi connectivity index (χ3n) is 3.44. The minimum atomic E-state index is -1.94. The molecule has 0 amide bonds. The highest BCUT2D eigenvalue weighted by Crippen LogP contribution is 2.31. The highest BCUT2D eigenvalue weighted by Gasteiger charge is 2.26. The van der Waals surface area contributed by atoms with Crippen LogP contribution >= 0.6 is 0 Å². The van der Waals surface area contributed by atoms with Crippen LogP contribution in [-0.4, -0.2) is 10.5 Å². The first kappa shape index (κ1) is 14.3. The predicted molar refractivity (Wildman–Crippen MR) is 72.7 cm³/mol. The number of benzene rings is 2. The predicted octanol–water partition coefficient (Wildman–Crippen LogP) is 4.19. The lowest BCUT2D eigenvalue weighted by molar-refractivity contribution is 0.0964. The molecule has 0 radical (unpaired) electrons. The third kappa shape index (κ3) is 1.91. The topological polar surface area (TPSA) is 22.0 Å². The van der Waals surface area contributed by atoms with E-state index in [9.17, 15) is 22.4 Å². The van der Waals surface area contributed by atoms with E-state index < -0.39 is 40.1 Å². The van der Waals surface area contributed by atoms with Gasteiger partial charge in [-0.05, 0) is 24.6 Å². The van der Waals surface area contributed by atoms with E-state index in [0.717, 1.165) is 10.8 Å². The van der Waals surface area contributed by atoms with E-state index in [2.05, 4.69) is 0 Å². The summed E-state index contributed by atoms with van der Waals surface area (Å²) in [7, 11) is 0. The molecule has 3 rings (SSSR count). The molecule has 0 saturated heterocycles. The molecule has 0 fully saturated rings. The zero-order valence-corrected chi connectivity index (χ0v) is 11.3. The molecule has 0 N–H and O–H groups in total.